The Kier molecular flexibility index (Phi) is 8.29. The van der Waals surface area contributed by atoms with Crippen LogP contribution in [0.15, 0.2) is 53.4 Å². The Morgan fingerprint density at radius 2 is 1.67 bits per heavy atom. The van der Waals surface area contributed by atoms with E-state index in [1.807, 2.05) is 32.9 Å². The Morgan fingerprint density at radius 3 is 2.24 bits per heavy atom. The molecule has 0 unspecified atom stereocenters. The van der Waals surface area contributed by atoms with Gasteiger partial charge in [-0.2, -0.15) is 4.31 Å². The van der Waals surface area contributed by atoms with Gasteiger partial charge in [0, 0.05) is 56.7 Å². The van der Waals surface area contributed by atoms with Gasteiger partial charge in [0.1, 0.15) is 0 Å². The molecule has 3 rings (SSSR count). The number of rotatable bonds is 8. The van der Waals surface area contributed by atoms with Crippen LogP contribution in [0.3, 0.4) is 0 Å². The molecule has 178 valence electrons. The number of aryl methyl sites for hydroxylation is 1. The summed E-state index contributed by atoms with van der Waals surface area (Å²) < 4.78 is 26.6. The van der Waals surface area contributed by atoms with Gasteiger partial charge in [-0.05, 0) is 61.5 Å². The molecule has 1 N–H and O–H groups in total. The van der Waals surface area contributed by atoms with Gasteiger partial charge in [0.25, 0.3) is 0 Å². The molecule has 2 aromatic carbocycles. The molecule has 1 saturated heterocycles. The predicted molar refractivity (Wildman–Crippen MR) is 135 cm³/mol. The number of sulfonamides is 1. The van der Waals surface area contributed by atoms with Crippen molar-refractivity contribution < 1.29 is 13.2 Å². The van der Waals surface area contributed by atoms with Crippen LogP contribution >= 0.6 is 0 Å². The second kappa shape index (κ2) is 11.0. The highest BCUT2D eigenvalue weighted by Crippen LogP contribution is 2.24. The topological polar surface area (TPSA) is 73.0 Å². The normalized spacial score (nSPS) is 15.4. The molecule has 7 nitrogen and oxygen atoms in total. The SMILES string of the molecule is CCN(CC)S(=O)(=O)c1ccc(/C=C/C(=O)Nc2ccc(N3CCN(C)CC3)cc2C)cc1. The Labute approximate surface area is 197 Å². The van der Waals surface area contributed by atoms with Crippen molar-refractivity contribution in [2.75, 3.05) is 56.5 Å². The standard InChI is InChI=1S/C25H34N4O3S/c1-5-29(6-2)33(31,32)23-11-7-21(8-12-23)9-14-25(30)26-24-13-10-22(19-20(24)3)28-17-15-27(4)16-18-28/h7-14,19H,5-6,15-18H2,1-4H3,(H,26,30)/b14-9+. The number of carbonyl (C=O) groups is 1. The number of hydrogen-bond acceptors (Lipinski definition) is 5. The van der Waals surface area contributed by atoms with Crippen LogP contribution in [0.4, 0.5) is 11.4 Å². The summed E-state index contributed by atoms with van der Waals surface area (Å²) >= 11 is 0. The zero-order chi connectivity index (χ0) is 24.0. The number of piperazine rings is 1. The second-order valence-electron chi connectivity index (χ2n) is 8.27. The van der Waals surface area contributed by atoms with Crippen LogP contribution in [0.1, 0.15) is 25.0 Å². The van der Waals surface area contributed by atoms with E-state index in [0.717, 1.165) is 43.0 Å². The number of benzene rings is 2. The van der Waals surface area contributed by atoms with Crippen LogP contribution in [-0.2, 0) is 14.8 Å². The van der Waals surface area contributed by atoms with Crippen molar-refractivity contribution in [3.05, 3.63) is 59.7 Å². The highest BCUT2D eigenvalue weighted by atomic mass is 32.2. The molecule has 0 spiro atoms. The van der Waals surface area contributed by atoms with Crippen molar-refractivity contribution in [2.24, 2.45) is 0 Å². The first-order chi connectivity index (χ1) is 15.7. The van der Waals surface area contributed by atoms with E-state index in [1.54, 1.807) is 30.3 Å². The van der Waals surface area contributed by atoms with Crippen LogP contribution in [0.2, 0.25) is 0 Å². The molecule has 0 saturated carbocycles. The van der Waals surface area contributed by atoms with Gasteiger partial charge in [-0.1, -0.05) is 26.0 Å². The molecule has 8 heteroatoms. The number of carbonyl (C=O) groups excluding carboxylic acids is 1. The zero-order valence-electron chi connectivity index (χ0n) is 19.9. The Balaban J connectivity index is 1.62. The van der Waals surface area contributed by atoms with Gasteiger partial charge in [-0.3, -0.25) is 4.79 Å². The van der Waals surface area contributed by atoms with Crippen molar-refractivity contribution in [1.82, 2.24) is 9.21 Å². The van der Waals surface area contributed by atoms with Crippen LogP contribution in [0.5, 0.6) is 0 Å². The third kappa shape index (κ3) is 6.22. The van der Waals surface area contributed by atoms with E-state index in [1.165, 1.54) is 16.1 Å². The molecule has 1 heterocycles. The number of amides is 1. The highest BCUT2D eigenvalue weighted by molar-refractivity contribution is 7.89. The van der Waals surface area contributed by atoms with E-state index in [0.29, 0.717) is 13.1 Å². The number of anilines is 2. The van der Waals surface area contributed by atoms with E-state index in [4.69, 9.17) is 0 Å². The van der Waals surface area contributed by atoms with E-state index < -0.39 is 10.0 Å². The monoisotopic (exact) mass is 470 g/mol. The first-order valence-electron chi connectivity index (χ1n) is 11.4. The fourth-order valence-electron chi connectivity index (χ4n) is 3.86. The zero-order valence-corrected chi connectivity index (χ0v) is 20.7. The molecule has 2 aromatic rings. The molecular formula is C25H34N4O3S. The van der Waals surface area contributed by atoms with Gasteiger partial charge >= 0.3 is 0 Å². The number of likely N-dealkylation sites (N-methyl/N-ethyl adjacent to an activating group) is 1. The average Bonchev–Trinajstić information content (AvgIpc) is 2.80. The van der Waals surface area contributed by atoms with Crippen LogP contribution in [0, 0.1) is 6.92 Å². The Hall–Kier alpha value is -2.68. The quantitative estimate of drug-likeness (QED) is 0.599. The van der Waals surface area contributed by atoms with Crippen LogP contribution < -0.4 is 10.2 Å². The third-order valence-electron chi connectivity index (χ3n) is 5.99. The van der Waals surface area contributed by atoms with E-state index in [2.05, 4.69) is 28.2 Å². The summed E-state index contributed by atoms with van der Waals surface area (Å²) in [5.74, 6) is -0.231. The molecule has 0 radical (unpaired) electrons. The Morgan fingerprint density at radius 1 is 1.03 bits per heavy atom. The average molecular weight is 471 g/mol. The maximum absolute atomic E-state index is 12.6. The van der Waals surface area contributed by atoms with Crippen molar-refractivity contribution in [2.45, 2.75) is 25.7 Å². The predicted octanol–water partition coefficient (Wildman–Crippen LogP) is 3.43. The van der Waals surface area contributed by atoms with Gasteiger partial charge in [0.2, 0.25) is 15.9 Å². The lowest BCUT2D eigenvalue weighted by Crippen LogP contribution is -2.44. The van der Waals surface area contributed by atoms with E-state index >= 15 is 0 Å². The minimum absolute atomic E-state index is 0.231. The molecule has 1 aliphatic heterocycles. The number of nitrogens with one attached hydrogen (secondary N) is 1. The summed E-state index contributed by atoms with van der Waals surface area (Å²) in [6, 6.07) is 12.7. The second-order valence-corrected chi connectivity index (χ2v) is 10.2. The van der Waals surface area contributed by atoms with Gasteiger partial charge in [-0.15, -0.1) is 0 Å². The van der Waals surface area contributed by atoms with Gasteiger partial charge in [0.05, 0.1) is 4.90 Å². The number of hydrogen-bond donors (Lipinski definition) is 1. The third-order valence-corrected chi connectivity index (χ3v) is 8.05. The van der Waals surface area contributed by atoms with Gasteiger partial charge < -0.3 is 15.1 Å². The molecule has 1 amide bonds. The lowest BCUT2D eigenvalue weighted by Gasteiger charge is -2.34. The van der Waals surface area contributed by atoms with E-state index in [9.17, 15) is 13.2 Å². The summed E-state index contributed by atoms with van der Waals surface area (Å²) in [5, 5.41) is 2.93. The smallest absolute Gasteiger partial charge is 0.248 e. The molecule has 0 atom stereocenters. The molecular weight excluding hydrogens is 436 g/mol. The molecule has 33 heavy (non-hydrogen) atoms. The van der Waals surface area contributed by atoms with Crippen molar-refractivity contribution >= 4 is 33.4 Å². The van der Waals surface area contributed by atoms with Crippen LogP contribution in [-0.4, -0.2) is 69.8 Å². The molecule has 0 aliphatic carbocycles. The Bertz CT molecular complexity index is 1090. The number of nitrogens with zero attached hydrogens (tertiary/aromatic N) is 3. The molecule has 0 bridgehead atoms. The molecule has 1 fully saturated rings. The highest BCUT2D eigenvalue weighted by Gasteiger charge is 2.21. The first kappa shape index (κ1) is 25.0. The van der Waals surface area contributed by atoms with Gasteiger partial charge in [0.15, 0.2) is 0 Å². The fourth-order valence-corrected chi connectivity index (χ4v) is 5.32. The maximum atomic E-state index is 12.6. The van der Waals surface area contributed by atoms with Crippen molar-refractivity contribution in [1.29, 1.82) is 0 Å². The summed E-state index contributed by atoms with van der Waals surface area (Å²) in [6.07, 6.45) is 3.14. The maximum Gasteiger partial charge on any atom is 0.248 e. The van der Waals surface area contributed by atoms with E-state index in [-0.39, 0.29) is 10.8 Å². The minimum atomic E-state index is -3.49. The summed E-state index contributed by atoms with van der Waals surface area (Å²) in [4.78, 5) is 17.4. The summed E-state index contributed by atoms with van der Waals surface area (Å²) in [7, 11) is -1.35. The first-order valence-corrected chi connectivity index (χ1v) is 12.8. The van der Waals surface area contributed by atoms with Crippen LogP contribution in [0.25, 0.3) is 6.08 Å². The van der Waals surface area contributed by atoms with Crippen molar-refractivity contribution in [3.8, 4) is 0 Å². The molecule has 1 aliphatic rings. The van der Waals surface area contributed by atoms with Crippen molar-refractivity contribution in [3.63, 3.8) is 0 Å². The lowest BCUT2D eigenvalue weighted by atomic mass is 10.1. The summed E-state index contributed by atoms with van der Waals surface area (Å²) in [5.41, 5.74) is 3.72. The largest absolute Gasteiger partial charge is 0.369 e. The fraction of sp³-hybridized carbons (Fsp3) is 0.400. The molecule has 0 aromatic heterocycles. The summed E-state index contributed by atoms with van der Waals surface area (Å²) in [6.45, 7) is 10.6. The van der Waals surface area contributed by atoms with Gasteiger partial charge in [-0.25, -0.2) is 8.42 Å². The minimum Gasteiger partial charge on any atom is -0.369 e. The lowest BCUT2D eigenvalue weighted by molar-refractivity contribution is -0.111.